The lowest BCUT2D eigenvalue weighted by atomic mass is 9.62. The number of fused-ring (bicyclic) bond motifs is 1. The van der Waals surface area contributed by atoms with Gasteiger partial charge < -0.3 is 4.74 Å². The topological polar surface area (TPSA) is 9.23 Å². The van der Waals surface area contributed by atoms with Crippen LogP contribution in [-0.2, 0) is 4.74 Å². The second-order valence-electron chi connectivity index (χ2n) is 3.36. The van der Waals surface area contributed by atoms with Gasteiger partial charge in [-0.3, -0.25) is 0 Å². The Balaban J connectivity index is 2.20. The van der Waals surface area contributed by atoms with Crippen molar-refractivity contribution in [1.82, 2.24) is 0 Å². The average Bonchev–Trinajstić information content (AvgIpc) is 2.21. The normalized spacial score (nSPS) is 37.1. The van der Waals surface area contributed by atoms with E-state index in [4.69, 9.17) is 0 Å². The van der Waals surface area contributed by atoms with E-state index in [9.17, 15) is 8.78 Å². The molecule has 0 aromatic heterocycles. The summed E-state index contributed by atoms with van der Waals surface area (Å²) in [4.78, 5) is 0. The van der Waals surface area contributed by atoms with E-state index >= 15 is 0 Å². The van der Waals surface area contributed by atoms with Gasteiger partial charge in [-0.1, -0.05) is 23.8 Å². The summed E-state index contributed by atoms with van der Waals surface area (Å²) in [6.45, 7) is 1.88. The largest absolute Gasteiger partial charge is 0.321 e. The van der Waals surface area contributed by atoms with E-state index < -0.39 is 12.1 Å². The maximum Gasteiger partial charge on any atom is 0.309 e. The molecule has 1 fully saturated rings. The summed E-state index contributed by atoms with van der Waals surface area (Å²) in [7, 11) is -0.183. The predicted molar refractivity (Wildman–Crippen MR) is 43.6 cm³/mol. The molecule has 1 aliphatic heterocycles. The zero-order valence-corrected chi connectivity index (χ0v) is 6.76. The van der Waals surface area contributed by atoms with E-state index in [0.717, 1.165) is 5.57 Å². The molecule has 0 radical (unpaired) electrons. The fourth-order valence-electron chi connectivity index (χ4n) is 1.65. The van der Waals surface area contributed by atoms with Crippen molar-refractivity contribution in [2.24, 2.45) is 0 Å². The van der Waals surface area contributed by atoms with Crippen LogP contribution in [-0.4, -0.2) is 19.4 Å². The Hall–Kier alpha value is -0.635. The molecule has 2 atom stereocenters. The molecule has 0 aromatic rings. The minimum Gasteiger partial charge on any atom is -0.321 e. The average molecular weight is 170 g/mol. The molecular formula is C8H9BF2O. The van der Waals surface area contributed by atoms with Crippen LogP contribution in [0.3, 0.4) is 0 Å². The third-order valence-electron chi connectivity index (χ3n) is 2.24. The zero-order valence-electron chi connectivity index (χ0n) is 6.76. The summed E-state index contributed by atoms with van der Waals surface area (Å²) in [6, 6.07) is -2.93. The molecule has 1 saturated heterocycles. The molecule has 0 spiro atoms. The molecule has 0 N–H and O–H groups in total. The molecule has 64 valence electrons. The van der Waals surface area contributed by atoms with Crippen molar-refractivity contribution in [2.75, 3.05) is 0 Å². The highest BCUT2D eigenvalue weighted by Crippen LogP contribution is 2.38. The van der Waals surface area contributed by atoms with Crippen LogP contribution in [0.4, 0.5) is 8.78 Å². The van der Waals surface area contributed by atoms with Crippen molar-refractivity contribution in [2.45, 2.75) is 24.9 Å². The number of ether oxygens (including phenoxy) is 1. The zero-order chi connectivity index (χ0) is 8.77. The first-order valence-electron chi connectivity index (χ1n) is 3.99. The van der Waals surface area contributed by atoms with Crippen molar-refractivity contribution < 1.29 is 13.5 Å². The first-order valence-corrected chi connectivity index (χ1v) is 3.99. The number of halogens is 2. The van der Waals surface area contributed by atoms with E-state index in [1.807, 2.05) is 13.0 Å². The second-order valence-corrected chi connectivity index (χ2v) is 3.36. The molecule has 2 rings (SSSR count). The highest BCUT2D eigenvalue weighted by molar-refractivity contribution is 6.42. The Morgan fingerprint density at radius 1 is 1.58 bits per heavy atom. The fraction of sp³-hybridized carbons (Fsp3) is 0.500. The van der Waals surface area contributed by atoms with Gasteiger partial charge in [-0.2, -0.15) is 8.78 Å². The first kappa shape index (κ1) is 7.99. The lowest BCUT2D eigenvalue weighted by Crippen LogP contribution is -2.21. The van der Waals surface area contributed by atoms with Gasteiger partial charge in [0, 0.05) is 0 Å². The number of alkyl halides is 2. The fourth-order valence-corrected chi connectivity index (χ4v) is 1.65. The maximum absolute atomic E-state index is 12.7. The van der Waals surface area contributed by atoms with E-state index in [1.165, 1.54) is 0 Å². The van der Waals surface area contributed by atoms with Crippen molar-refractivity contribution in [1.29, 1.82) is 0 Å². The molecular weight excluding hydrogens is 161 g/mol. The summed E-state index contributed by atoms with van der Waals surface area (Å²) in [5, 5.41) is 0. The van der Waals surface area contributed by atoms with Gasteiger partial charge >= 0.3 is 6.01 Å². The van der Waals surface area contributed by atoms with Crippen LogP contribution in [0, 0.1) is 0 Å². The number of rotatable bonds is 0. The van der Waals surface area contributed by atoms with Crippen LogP contribution in [0.2, 0.25) is 5.82 Å². The molecule has 0 amide bonds. The van der Waals surface area contributed by atoms with Gasteiger partial charge in [0.05, 0.1) is 6.10 Å². The standard InChI is InChI=1S/C8H9BF2O/c1-5-2-3-6-7(4-5)12-8(10,11)9-6/h2-4,6-7,9H,1H3. The monoisotopic (exact) mass is 170 g/mol. The first-order chi connectivity index (χ1) is 5.57. The van der Waals surface area contributed by atoms with Crippen LogP contribution in [0.15, 0.2) is 23.8 Å². The van der Waals surface area contributed by atoms with E-state index in [-0.39, 0.29) is 13.1 Å². The van der Waals surface area contributed by atoms with Gasteiger partial charge in [0.25, 0.3) is 7.28 Å². The summed E-state index contributed by atoms with van der Waals surface area (Å²) in [6.07, 6.45) is 5.02. The SMILES string of the molecule is CC1=CC2OC(F)(F)BC2C=C1. The van der Waals surface area contributed by atoms with Crippen LogP contribution in [0.1, 0.15) is 6.92 Å². The van der Waals surface area contributed by atoms with Gasteiger partial charge in [-0.25, -0.2) is 0 Å². The van der Waals surface area contributed by atoms with E-state index in [2.05, 4.69) is 4.74 Å². The molecule has 0 bridgehead atoms. The Bertz CT molecular complexity index is 260. The summed E-state index contributed by atoms with van der Waals surface area (Å²) in [5.41, 5.74) is 0.994. The minimum atomic E-state index is -2.93. The summed E-state index contributed by atoms with van der Waals surface area (Å²) < 4.78 is 29.9. The smallest absolute Gasteiger partial charge is 0.309 e. The van der Waals surface area contributed by atoms with Gasteiger partial charge in [0.2, 0.25) is 0 Å². The molecule has 1 heterocycles. The van der Waals surface area contributed by atoms with Crippen LogP contribution < -0.4 is 0 Å². The second kappa shape index (κ2) is 2.42. The Labute approximate surface area is 70.3 Å². The minimum absolute atomic E-state index is 0.135. The Morgan fingerprint density at radius 3 is 3.08 bits per heavy atom. The summed E-state index contributed by atoms with van der Waals surface area (Å²) in [5.74, 6) is -0.135. The quantitative estimate of drug-likeness (QED) is 0.502. The third-order valence-corrected chi connectivity index (χ3v) is 2.24. The maximum atomic E-state index is 12.7. The predicted octanol–water partition coefficient (Wildman–Crippen LogP) is 1.68. The Kier molecular flexibility index (Phi) is 1.61. The third kappa shape index (κ3) is 1.31. The Morgan fingerprint density at radius 2 is 2.33 bits per heavy atom. The van der Waals surface area contributed by atoms with Gasteiger partial charge in [-0.05, 0) is 12.7 Å². The van der Waals surface area contributed by atoms with Crippen molar-refractivity contribution >= 4 is 7.28 Å². The van der Waals surface area contributed by atoms with E-state index in [1.54, 1.807) is 12.2 Å². The molecule has 2 aliphatic rings. The summed E-state index contributed by atoms with van der Waals surface area (Å²) >= 11 is 0. The molecule has 4 heteroatoms. The number of hydrogen-bond acceptors (Lipinski definition) is 1. The van der Waals surface area contributed by atoms with Crippen molar-refractivity contribution in [3.8, 4) is 0 Å². The lowest BCUT2D eigenvalue weighted by molar-refractivity contribution is -0.173. The molecule has 1 nitrogen and oxygen atoms in total. The molecule has 0 saturated carbocycles. The van der Waals surface area contributed by atoms with Crippen molar-refractivity contribution in [3.05, 3.63) is 23.8 Å². The van der Waals surface area contributed by atoms with Crippen LogP contribution in [0.25, 0.3) is 0 Å². The van der Waals surface area contributed by atoms with E-state index in [0.29, 0.717) is 0 Å². The van der Waals surface area contributed by atoms with Crippen molar-refractivity contribution in [3.63, 3.8) is 0 Å². The number of allylic oxidation sites excluding steroid dienone is 2. The van der Waals surface area contributed by atoms with Crippen LogP contribution >= 0.6 is 0 Å². The molecule has 2 unspecified atom stereocenters. The van der Waals surface area contributed by atoms with Gasteiger partial charge in [-0.15, -0.1) is 0 Å². The van der Waals surface area contributed by atoms with Crippen LogP contribution in [0.5, 0.6) is 0 Å². The molecule has 12 heavy (non-hydrogen) atoms. The number of hydrogen-bond donors (Lipinski definition) is 0. The lowest BCUT2D eigenvalue weighted by Gasteiger charge is -2.15. The highest BCUT2D eigenvalue weighted by Gasteiger charge is 2.47. The van der Waals surface area contributed by atoms with Gasteiger partial charge in [0.15, 0.2) is 0 Å². The highest BCUT2D eigenvalue weighted by atomic mass is 19.3. The van der Waals surface area contributed by atoms with Gasteiger partial charge in [0.1, 0.15) is 0 Å². The molecule has 0 aromatic carbocycles. The molecule has 1 aliphatic carbocycles.